The zero-order valence-electron chi connectivity index (χ0n) is 17.6. The summed E-state index contributed by atoms with van der Waals surface area (Å²) in [5, 5.41) is 10.3. The van der Waals surface area contributed by atoms with E-state index in [9.17, 15) is 26.7 Å². The largest absolute Gasteiger partial charge is 0.415 e. The lowest BCUT2D eigenvalue weighted by Crippen LogP contribution is -2.16. The maximum Gasteiger partial charge on any atom is 0.360 e. The fraction of sp³-hybridized carbons (Fsp3) is 0.182. The number of benzene rings is 2. The van der Waals surface area contributed by atoms with Crippen molar-refractivity contribution in [1.29, 1.82) is 0 Å². The number of nitrogens with zero attached hydrogens (tertiary/aromatic N) is 4. The molecule has 0 spiro atoms. The first-order chi connectivity index (χ1) is 16.8. The summed E-state index contributed by atoms with van der Waals surface area (Å²) in [6.07, 6.45) is 3.89. The van der Waals surface area contributed by atoms with Crippen molar-refractivity contribution in [3.63, 3.8) is 0 Å². The Morgan fingerprint density at radius 3 is 2.37 bits per heavy atom. The molecule has 0 unspecified atom stereocenters. The van der Waals surface area contributed by atoms with Crippen molar-refractivity contribution in [2.75, 3.05) is 18.0 Å². The van der Waals surface area contributed by atoms with Crippen LogP contribution in [0.3, 0.4) is 0 Å². The van der Waals surface area contributed by atoms with E-state index in [0.29, 0.717) is 21.6 Å². The van der Waals surface area contributed by atoms with E-state index in [0.717, 1.165) is 31.1 Å². The molecule has 1 saturated heterocycles. The first kappa shape index (κ1) is 22.9. The third-order valence-electron chi connectivity index (χ3n) is 5.31. The van der Waals surface area contributed by atoms with Crippen LogP contribution in [0.15, 0.2) is 40.7 Å². The molecular weight excluding hydrogens is 493 g/mol. The molecule has 4 aromatic rings. The maximum atomic E-state index is 13.8. The molecule has 35 heavy (non-hydrogen) atoms. The quantitative estimate of drug-likeness (QED) is 0.0829. The minimum atomic E-state index is -2.35. The molecule has 180 valence electrons. The van der Waals surface area contributed by atoms with Crippen LogP contribution in [0, 0.1) is 29.1 Å². The first-order valence-corrected chi connectivity index (χ1v) is 11.1. The molecule has 1 N–H and O–H groups in total. The number of H-pyrrole nitrogens is 1. The van der Waals surface area contributed by atoms with Crippen LogP contribution in [0.4, 0.5) is 37.8 Å². The fourth-order valence-electron chi connectivity index (χ4n) is 3.58. The number of carbonyl (C=O) groups excluding carboxylic acids is 1. The summed E-state index contributed by atoms with van der Waals surface area (Å²) in [6, 6.07) is 6.08. The number of nitrogens with one attached hydrogen (secondary N) is 1. The third kappa shape index (κ3) is 4.34. The van der Waals surface area contributed by atoms with Gasteiger partial charge in [-0.15, -0.1) is 10.2 Å². The van der Waals surface area contributed by atoms with E-state index in [1.54, 1.807) is 24.4 Å². The van der Waals surface area contributed by atoms with Crippen LogP contribution in [0.2, 0.25) is 0 Å². The molecule has 3 heterocycles. The first-order valence-electron chi connectivity index (χ1n) is 10.3. The molecule has 0 bridgehead atoms. The number of azo groups is 1. The SMILES string of the molecule is O=C(Oc1c(F)c(F)c(F)c(F)c1F)c1cc2cc(/N=N/c3cnc(N4CCCC4)s3)ccc2[nH]1. The number of aromatic amines is 1. The number of esters is 1. The van der Waals surface area contributed by atoms with Gasteiger partial charge in [0.1, 0.15) is 5.69 Å². The van der Waals surface area contributed by atoms with Crippen molar-refractivity contribution in [3.8, 4) is 5.75 Å². The minimum Gasteiger partial charge on any atom is -0.415 e. The zero-order chi connectivity index (χ0) is 24.7. The van der Waals surface area contributed by atoms with Crippen molar-refractivity contribution in [1.82, 2.24) is 9.97 Å². The van der Waals surface area contributed by atoms with E-state index in [-0.39, 0.29) is 5.69 Å². The summed E-state index contributed by atoms with van der Waals surface area (Å²) < 4.78 is 72.0. The van der Waals surface area contributed by atoms with Gasteiger partial charge in [0.2, 0.25) is 34.8 Å². The number of carbonyl (C=O) groups is 1. The van der Waals surface area contributed by atoms with E-state index < -0.39 is 40.8 Å². The second-order valence-corrected chi connectivity index (χ2v) is 8.61. The van der Waals surface area contributed by atoms with Crippen molar-refractivity contribution in [3.05, 3.63) is 65.2 Å². The molecule has 0 radical (unpaired) electrons. The summed E-state index contributed by atoms with van der Waals surface area (Å²) in [5.41, 5.74) is 0.630. The topological polar surface area (TPSA) is 82.9 Å². The van der Waals surface area contributed by atoms with E-state index in [4.69, 9.17) is 0 Å². The highest BCUT2D eigenvalue weighted by molar-refractivity contribution is 7.19. The standard InChI is InChI=1S/C22H14F5N5O2S/c23-15-16(24)18(26)20(19(27)17(15)25)34-21(33)13-8-10-7-11(3-4-12(10)29-13)30-31-14-9-28-22(35-14)32-5-1-2-6-32/h3-4,7-9,29H,1-2,5-6H2/b31-30+. The molecule has 2 aromatic heterocycles. The van der Waals surface area contributed by atoms with Crippen molar-refractivity contribution >= 4 is 44.0 Å². The van der Waals surface area contributed by atoms with E-state index >= 15 is 0 Å². The lowest BCUT2D eigenvalue weighted by molar-refractivity contribution is 0.0711. The van der Waals surface area contributed by atoms with Crippen LogP contribution in [0.5, 0.6) is 5.75 Å². The number of aromatic nitrogens is 2. The number of fused-ring (bicyclic) bond motifs is 1. The average molecular weight is 507 g/mol. The summed E-state index contributed by atoms with van der Waals surface area (Å²) in [6.45, 7) is 1.92. The lowest BCUT2D eigenvalue weighted by Gasteiger charge is -2.11. The van der Waals surface area contributed by atoms with Gasteiger partial charge in [-0.05, 0) is 37.1 Å². The Bertz CT molecular complexity index is 1450. The lowest BCUT2D eigenvalue weighted by atomic mass is 10.2. The maximum absolute atomic E-state index is 13.8. The second-order valence-electron chi connectivity index (χ2n) is 7.62. The summed E-state index contributed by atoms with van der Waals surface area (Å²) in [5.74, 6) is -14.3. The minimum absolute atomic E-state index is 0.268. The van der Waals surface area contributed by atoms with Gasteiger partial charge in [0.05, 0.1) is 11.9 Å². The van der Waals surface area contributed by atoms with Crippen molar-refractivity contribution in [2.45, 2.75) is 12.8 Å². The van der Waals surface area contributed by atoms with Gasteiger partial charge < -0.3 is 14.6 Å². The molecule has 5 rings (SSSR count). The highest BCUT2D eigenvalue weighted by Crippen LogP contribution is 2.33. The highest BCUT2D eigenvalue weighted by Gasteiger charge is 2.29. The van der Waals surface area contributed by atoms with Crippen LogP contribution in [0.1, 0.15) is 23.3 Å². The number of hydrogen-bond acceptors (Lipinski definition) is 7. The van der Waals surface area contributed by atoms with Gasteiger partial charge in [-0.3, -0.25) is 0 Å². The summed E-state index contributed by atoms with van der Waals surface area (Å²) in [7, 11) is 0. The Labute approximate surface area is 197 Å². The number of hydrogen-bond donors (Lipinski definition) is 1. The van der Waals surface area contributed by atoms with Gasteiger partial charge in [-0.25, -0.2) is 22.9 Å². The summed E-state index contributed by atoms with van der Waals surface area (Å²) in [4.78, 5) is 21.5. The highest BCUT2D eigenvalue weighted by atomic mass is 32.1. The summed E-state index contributed by atoms with van der Waals surface area (Å²) >= 11 is 1.42. The Morgan fingerprint density at radius 1 is 0.971 bits per heavy atom. The molecule has 1 aliphatic rings. The number of thiazole rings is 1. The molecule has 0 atom stereocenters. The zero-order valence-corrected chi connectivity index (χ0v) is 18.4. The Morgan fingerprint density at radius 2 is 1.66 bits per heavy atom. The van der Waals surface area contributed by atoms with Crippen molar-refractivity contribution < 1.29 is 31.5 Å². The third-order valence-corrected chi connectivity index (χ3v) is 6.25. The van der Waals surface area contributed by atoms with Gasteiger partial charge in [0, 0.05) is 24.0 Å². The molecule has 0 amide bonds. The molecule has 1 aliphatic heterocycles. The van der Waals surface area contributed by atoms with Crippen LogP contribution >= 0.6 is 11.3 Å². The van der Waals surface area contributed by atoms with Crippen LogP contribution in [-0.2, 0) is 0 Å². The smallest absolute Gasteiger partial charge is 0.360 e. The molecule has 7 nitrogen and oxygen atoms in total. The van der Waals surface area contributed by atoms with Gasteiger partial charge in [0.25, 0.3) is 0 Å². The Balaban J connectivity index is 1.35. The van der Waals surface area contributed by atoms with Gasteiger partial charge >= 0.3 is 5.97 Å². The number of anilines is 1. The average Bonchev–Trinajstić information content (AvgIpc) is 3.62. The molecular formula is C22H14F5N5O2S. The van der Waals surface area contributed by atoms with Crippen LogP contribution in [0.25, 0.3) is 10.9 Å². The van der Waals surface area contributed by atoms with Gasteiger partial charge in [-0.2, -0.15) is 8.78 Å². The van der Waals surface area contributed by atoms with E-state index in [1.165, 1.54) is 17.4 Å². The molecule has 0 saturated carbocycles. The van der Waals surface area contributed by atoms with E-state index in [2.05, 4.69) is 29.8 Å². The predicted octanol–water partition coefficient (Wildman–Crippen LogP) is 6.55. The van der Waals surface area contributed by atoms with Gasteiger partial charge in [-0.1, -0.05) is 11.3 Å². The normalized spacial score (nSPS) is 13.9. The van der Waals surface area contributed by atoms with Crippen LogP contribution in [-0.4, -0.2) is 29.0 Å². The predicted molar refractivity (Wildman–Crippen MR) is 117 cm³/mol. The number of rotatable bonds is 5. The Kier molecular flexibility index (Phi) is 5.93. The molecule has 0 aliphatic carbocycles. The molecule has 2 aromatic carbocycles. The second kappa shape index (κ2) is 9.06. The van der Waals surface area contributed by atoms with Crippen molar-refractivity contribution in [2.24, 2.45) is 10.2 Å². The Hall–Kier alpha value is -3.87. The molecule has 1 fully saturated rings. The number of ether oxygens (including phenoxy) is 1. The monoisotopic (exact) mass is 507 g/mol. The van der Waals surface area contributed by atoms with E-state index in [1.807, 2.05) is 0 Å². The molecule has 13 heteroatoms. The van der Waals surface area contributed by atoms with Crippen LogP contribution < -0.4 is 9.64 Å². The van der Waals surface area contributed by atoms with Gasteiger partial charge in [0.15, 0.2) is 10.1 Å². The fourth-order valence-corrected chi connectivity index (χ4v) is 4.37. The number of halogens is 5.